The van der Waals surface area contributed by atoms with Gasteiger partial charge < -0.3 is 19.4 Å². The Hall–Kier alpha value is -3.67. The van der Waals surface area contributed by atoms with Crippen LogP contribution in [0.1, 0.15) is 36.6 Å². The van der Waals surface area contributed by atoms with Gasteiger partial charge in [-0.3, -0.25) is 4.79 Å². The third-order valence-electron chi connectivity index (χ3n) is 5.59. The number of nitriles is 1. The Labute approximate surface area is 185 Å². The van der Waals surface area contributed by atoms with Crippen molar-refractivity contribution in [2.75, 3.05) is 6.61 Å². The normalized spacial score (nSPS) is 21.1. The quantitative estimate of drug-likeness (QED) is 0.636. The average Bonchev–Trinajstić information content (AvgIpc) is 2.78. The number of hydrogen-bond acceptors (Lipinski definition) is 7. The summed E-state index contributed by atoms with van der Waals surface area (Å²) in [6, 6.07) is 19.3. The molecule has 1 aliphatic heterocycles. The van der Waals surface area contributed by atoms with Crippen molar-refractivity contribution in [1.82, 2.24) is 9.94 Å². The van der Waals surface area contributed by atoms with E-state index < -0.39 is 22.9 Å². The third kappa shape index (κ3) is 3.96. The topological polar surface area (TPSA) is 107 Å². The molecule has 0 spiro atoms. The lowest BCUT2D eigenvalue weighted by molar-refractivity contribution is -0.237. The number of aromatic nitrogens is 2. The second-order valence-electron chi connectivity index (χ2n) is 8.10. The maximum Gasteiger partial charge on any atom is 0.303 e. The number of hydrogen-bond donors (Lipinski definition) is 1. The van der Waals surface area contributed by atoms with Gasteiger partial charge in [0.2, 0.25) is 0 Å². The fraction of sp³-hybridized carbons (Fsp3) is 0.292. The number of aliphatic hydroxyl groups is 1. The number of fused-ring (bicyclic) bond motifs is 1. The van der Waals surface area contributed by atoms with E-state index >= 15 is 0 Å². The summed E-state index contributed by atoms with van der Waals surface area (Å²) < 4.78 is 12.0. The number of rotatable bonds is 6. The highest BCUT2D eigenvalue weighted by molar-refractivity contribution is 5.47. The largest absolute Gasteiger partial charge is 0.484 e. The van der Waals surface area contributed by atoms with Gasteiger partial charge in [0, 0.05) is 11.6 Å². The van der Waals surface area contributed by atoms with Gasteiger partial charge in [0.15, 0.2) is 11.7 Å². The van der Waals surface area contributed by atoms with Crippen LogP contribution in [0.2, 0.25) is 0 Å². The summed E-state index contributed by atoms with van der Waals surface area (Å²) in [7, 11) is 0. The zero-order valence-corrected chi connectivity index (χ0v) is 17.8. The van der Waals surface area contributed by atoms with E-state index in [4.69, 9.17) is 14.3 Å². The molecule has 0 saturated heterocycles. The molecule has 8 nitrogen and oxygen atoms in total. The molecule has 8 heteroatoms. The molecule has 0 aliphatic carbocycles. The van der Waals surface area contributed by atoms with Gasteiger partial charge in [0.05, 0.1) is 31.0 Å². The van der Waals surface area contributed by atoms with Crippen LogP contribution >= 0.6 is 0 Å². The summed E-state index contributed by atoms with van der Waals surface area (Å²) in [6.45, 7) is 3.55. The Balaban J connectivity index is 1.74. The smallest absolute Gasteiger partial charge is 0.303 e. The zero-order chi connectivity index (χ0) is 22.8. The molecule has 0 radical (unpaired) electrons. The second-order valence-corrected chi connectivity index (χ2v) is 8.10. The molecule has 3 aromatic rings. The second kappa shape index (κ2) is 8.46. The van der Waals surface area contributed by atoms with Crippen LogP contribution in [0.15, 0.2) is 71.7 Å². The minimum absolute atomic E-state index is 0.155. The third-order valence-corrected chi connectivity index (χ3v) is 5.59. The number of benzene rings is 2. The highest BCUT2D eigenvalue weighted by Crippen LogP contribution is 2.47. The molecule has 2 aromatic carbocycles. The lowest BCUT2D eigenvalue weighted by Crippen LogP contribution is -2.65. The standard InChI is InChI=1S/C24H23N3O5/c1-23(2)24(29,16-30-15-17-7-4-3-5-8-17)22(32-27-21(28)9-6-12-26-27)19-13-18(14-25)10-11-20(19)31-23/h3-13,22,29H,15-16H2,1-2H3/t22-,24+/m1/s1. The predicted octanol–water partition coefficient (Wildman–Crippen LogP) is 2.40. The Morgan fingerprint density at radius 2 is 1.97 bits per heavy atom. The molecule has 0 unspecified atom stereocenters. The van der Waals surface area contributed by atoms with Crippen LogP contribution < -0.4 is 15.1 Å². The van der Waals surface area contributed by atoms with E-state index in [9.17, 15) is 15.2 Å². The van der Waals surface area contributed by atoms with Crippen molar-refractivity contribution in [3.63, 3.8) is 0 Å². The minimum Gasteiger partial charge on any atom is -0.484 e. The summed E-state index contributed by atoms with van der Waals surface area (Å²) >= 11 is 0. The predicted molar refractivity (Wildman–Crippen MR) is 115 cm³/mol. The maximum atomic E-state index is 12.3. The monoisotopic (exact) mass is 433 g/mol. The van der Waals surface area contributed by atoms with Crippen LogP contribution in [0.5, 0.6) is 5.75 Å². The highest BCUT2D eigenvalue weighted by atomic mass is 16.7. The van der Waals surface area contributed by atoms with Crippen LogP contribution in [-0.4, -0.2) is 32.9 Å². The molecule has 0 amide bonds. The van der Waals surface area contributed by atoms with Crippen LogP contribution in [0.3, 0.4) is 0 Å². The van der Waals surface area contributed by atoms with Gasteiger partial charge in [-0.15, -0.1) is 5.10 Å². The zero-order valence-electron chi connectivity index (χ0n) is 17.8. The van der Waals surface area contributed by atoms with Crippen LogP contribution in [0.4, 0.5) is 0 Å². The summed E-state index contributed by atoms with van der Waals surface area (Å²) in [6.07, 6.45) is 0.307. The Kier molecular flexibility index (Phi) is 5.70. The van der Waals surface area contributed by atoms with E-state index in [-0.39, 0.29) is 13.2 Å². The van der Waals surface area contributed by atoms with Crippen molar-refractivity contribution in [2.45, 2.75) is 37.8 Å². The first-order chi connectivity index (χ1) is 15.3. The van der Waals surface area contributed by atoms with E-state index in [0.717, 1.165) is 10.4 Å². The molecule has 1 aromatic heterocycles. The summed E-state index contributed by atoms with van der Waals surface area (Å²) in [5, 5.41) is 25.2. The van der Waals surface area contributed by atoms with Crippen molar-refractivity contribution in [2.24, 2.45) is 0 Å². The molecular formula is C24H23N3O5. The lowest BCUT2D eigenvalue weighted by Gasteiger charge is -2.49. The van der Waals surface area contributed by atoms with Gasteiger partial charge in [-0.05, 0) is 43.7 Å². The first-order valence-corrected chi connectivity index (χ1v) is 10.1. The van der Waals surface area contributed by atoms with Crippen molar-refractivity contribution in [3.8, 4) is 11.8 Å². The fourth-order valence-corrected chi connectivity index (χ4v) is 3.67. The molecule has 1 aliphatic rings. The van der Waals surface area contributed by atoms with Crippen LogP contribution in [0, 0.1) is 11.3 Å². The van der Waals surface area contributed by atoms with Gasteiger partial charge in [0.25, 0.3) is 0 Å². The van der Waals surface area contributed by atoms with Gasteiger partial charge in [-0.1, -0.05) is 35.2 Å². The van der Waals surface area contributed by atoms with Gasteiger partial charge >= 0.3 is 5.56 Å². The SMILES string of the molecule is CC1(C)Oc2ccc(C#N)cc2[C@@H](On2ncccc2=O)[C@@]1(O)COCc1ccccc1. The van der Waals surface area contributed by atoms with Crippen molar-refractivity contribution < 1.29 is 19.4 Å². The number of ether oxygens (including phenoxy) is 2. The highest BCUT2D eigenvalue weighted by Gasteiger charge is 2.58. The first kappa shape index (κ1) is 21.6. The van der Waals surface area contributed by atoms with Crippen LogP contribution in [-0.2, 0) is 11.3 Å². The van der Waals surface area contributed by atoms with E-state index in [0.29, 0.717) is 16.9 Å². The molecule has 1 N–H and O–H groups in total. The molecule has 32 heavy (non-hydrogen) atoms. The van der Waals surface area contributed by atoms with E-state index in [2.05, 4.69) is 11.2 Å². The molecule has 0 bridgehead atoms. The van der Waals surface area contributed by atoms with Crippen LogP contribution in [0.25, 0.3) is 0 Å². The Morgan fingerprint density at radius 1 is 1.19 bits per heavy atom. The van der Waals surface area contributed by atoms with Gasteiger partial charge in [0.1, 0.15) is 11.4 Å². The average molecular weight is 433 g/mol. The number of nitrogens with zero attached hydrogens (tertiary/aromatic N) is 3. The van der Waals surface area contributed by atoms with E-state index in [1.807, 2.05) is 30.3 Å². The Morgan fingerprint density at radius 3 is 2.69 bits per heavy atom. The first-order valence-electron chi connectivity index (χ1n) is 10.1. The van der Waals surface area contributed by atoms with Gasteiger partial charge in [-0.25, -0.2) is 0 Å². The lowest BCUT2D eigenvalue weighted by atomic mass is 9.76. The molecule has 4 rings (SSSR count). The van der Waals surface area contributed by atoms with E-state index in [1.165, 1.54) is 18.3 Å². The summed E-state index contributed by atoms with van der Waals surface area (Å²) in [5.74, 6) is 0.440. The molecule has 2 heterocycles. The Bertz CT molecular complexity index is 1200. The molecule has 164 valence electrons. The van der Waals surface area contributed by atoms with Crippen molar-refractivity contribution in [3.05, 3.63) is 93.9 Å². The molecule has 0 saturated carbocycles. The maximum absolute atomic E-state index is 12.3. The fourth-order valence-electron chi connectivity index (χ4n) is 3.67. The van der Waals surface area contributed by atoms with E-state index in [1.54, 1.807) is 32.0 Å². The summed E-state index contributed by atoms with van der Waals surface area (Å²) in [5.41, 5.74) is -1.65. The van der Waals surface area contributed by atoms with Crippen molar-refractivity contribution >= 4 is 0 Å². The van der Waals surface area contributed by atoms with Gasteiger partial charge in [-0.2, -0.15) is 5.26 Å². The summed E-state index contributed by atoms with van der Waals surface area (Å²) in [4.78, 5) is 19.0. The molecule has 0 fully saturated rings. The molecular weight excluding hydrogens is 410 g/mol. The molecule has 2 atom stereocenters. The van der Waals surface area contributed by atoms with Crippen molar-refractivity contribution in [1.29, 1.82) is 5.26 Å². The minimum atomic E-state index is -1.72.